The van der Waals surface area contributed by atoms with Crippen molar-refractivity contribution in [1.29, 1.82) is 0 Å². The number of imidazole rings is 1. The molecule has 38 heavy (non-hydrogen) atoms. The van der Waals surface area contributed by atoms with E-state index in [1.165, 1.54) is 0 Å². The SMILES string of the molecule is CC(C)(C)Nc1c(-c2ccc3ccccc3c2)nc2cc(C(=O)NC(Cc3ccccc3)C(=O)O)ccn12. The Morgan fingerprint density at radius 2 is 1.63 bits per heavy atom. The van der Waals surface area contributed by atoms with Gasteiger partial charge in [0.1, 0.15) is 23.2 Å². The van der Waals surface area contributed by atoms with Crippen molar-refractivity contribution in [2.45, 2.75) is 38.8 Å². The van der Waals surface area contributed by atoms with Gasteiger partial charge in [0, 0.05) is 29.3 Å². The number of fused-ring (bicyclic) bond motifs is 2. The zero-order valence-corrected chi connectivity index (χ0v) is 21.6. The van der Waals surface area contributed by atoms with Crippen LogP contribution in [0.1, 0.15) is 36.7 Å². The molecule has 3 N–H and O–H groups in total. The maximum atomic E-state index is 13.1. The van der Waals surface area contributed by atoms with Crippen molar-refractivity contribution in [2.24, 2.45) is 0 Å². The third kappa shape index (κ3) is 5.37. The molecule has 0 aliphatic rings. The van der Waals surface area contributed by atoms with Gasteiger partial charge in [-0.05, 0) is 55.3 Å². The number of amides is 1. The molecule has 0 saturated carbocycles. The van der Waals surface area contributed by atoms with Crippen LogP contribution in [0.25, 0.3) is 27.7 Å². The van der Waals surface area contributed by atoms with Gasteiger partial charge in [-0.3, -0.25) is 9.20 Å². The quantitative estimate of drug-likeness (QED) is 0.260. The molecule has 0 saturated heterocycles. The Labute approximate surface area is 221 Å². The van der Waals surface area contributed by atoms with E-state index in [9.17, 15) is 14.7 Å². The summed E-state index contributed by atoms with van der Waals surface area (Å²) < 4.78 is 1.92. The first-order chi connectivity index (χ1) is 18.2. The Bertz CT molecular complexity index is 1630. The van der Waals surface area contributed by atoms with E-state index in [-0.39, 0.29) is 12.0 Å². The number of carbonyl (C=O) groups excluding carboxylic acids is 1. The van der Waals surface area contributed by atoms with Gasteiger partial charge in [0.2, 0.25) is 0 Å². The lowest BCUT2D eigenvalue weighted by molar-refractivity contribution is -0.139. The van der Waals surface area contributed by atoms with Crippen molar-refractivity contribution < 1.29 is 14.7 Å². The summed E-state index contributed by atoms with van der Waals surface area (Å²) in [6, 6.07) is 26.0. The molecule has 192 valence electrons. The summed E-state index contributed by atoms with van der Waals surface area (Å²) in [4.78, 5) is 29.9. The molecule has 1 amide bonds. The van der Waals surface area contributed by atoms with Gasteiger partial charge in [0.05, 0.1) is 0 Å². The number of carbonyl (C=O) groups is 2. The summed E-state index contributed by atoms with van der Waals surface area (Å²) in [7, 11) is 0. The summed E-state index contributed by atoms with van der Waals surface area (Å²) in [5.41, 5.74) is 3.26. The van der Waals surface area contributed by atoms with Crippen LogP contribution in [-0.4, -0.2) is 37.9 Å². The van der Waals surface area contributed by atoms with Gasteiger partial charge in [-0.25, -0.2) is 9.78 Å². The number of nitrogens with zero attached hydrogens (tertiary/aromatic N) is 2. The molecule has 0 aliphatic heterocycles. The number of benzene rings is 3. The number of carboxylic acids is 1. The van der Waals surface area contributed by atoms with Gasteiger partial charge in [0.25, 0.3) is 5.91 Å². The number of anilines is 1. The lowest BCUT2D eigenvalue weighted by Gasteiger charge is -2.22. The zero-order chi connectivity index (χ0) is 26.9. The van der Waals surface area contributed by atoms with Gasteiger partial charge in [0.15, 0.2) is 0 Å². The molecule has 0 bridgehead atoms. The average molecular weight is 507 g/mol. The Morgan fingerprint density at radius 3 is 2.34 bits per heavy atom. The minimum absolute atomic E-state index is 0.194. The average Bonchev–Trinajstić information content (AvgIpc) is 3.24. The van der Waals surface area contributed by atoms with E-state index in [4.69, 9.17) is 4.98 Å². The summed E-state index contributed by atoms with van der Waals surface area (Å²) in [6.45, 7) is 6.24. The summed E-state index contributed by atoms with van der Waals surface area (Å²) >= 11 is 0. The molecule has 5 aromatic rings. The van der Waals surface area contributed by atoms with E-state index in [1.807, 2.05) is 52.9 Å². The van der Waals surface area contributed by atoms with Gasteiger partial charge >= 0.3 is 5.97 Å². The number of pyridine rings is 1. The van der Waals surface area contributed by atoms with E-state index in [2.05, 4.69) is 55.7 Å². The van der Waals surface area contributed by atoms with E-state index in [0.717, 1.165) is 33.4 Å². The van der Waals surface area contributed by atoms with Crippen molar-refractivity contribution in [2.75, 3.05) is 5.32 Å². The molecule has 7 nitrogen and oxygen atoms in total. The third-order valence-electron chi connectivity index (χ3n) is 6.29. The maximum Gasteiger partial charge on any atom is 0.326 e. The number of nitrogens with one attached hydrogen (secondary N) is 2. The Balaban J connectivity index is 1.50. The second kappa shape index (κ2) is 10.0. The summed E-state index contributed by atoms with van der Waals surface area (Å²) in [5.74, 6) is -0.724. The Morgan fingerprint density at radius 1 is 0.921 bits per heavy atom. The van der Waals surface area contributed by atoms with Crippen LogP contribution in [-0.2, 0) is 11.2 Å². The number of hydrogen-bond donors (Lipinski definition) is 3. The fourth-order valence-corrected chi connectivity index (χ4v) is 4.49. The lowest BCUT2D eigenvalue weighted by Crippen LogP contribution is -2.42. The van der Waals surface area contributed by atoms with Crippen LogP contribution in [0.4, 0.5) is 5.82 Å². The van der Waals surface area contributed by atoms with E-state index in [1.54, 1.807) is 18.3 Å². The second-order valence-corrected chi connectivity index (χ2v) is 10.4. The Kier molecular flexibility index (Phi) is 6.59. The molecule has 0 spiro atoms. The predicted molar refractivity (Wildman–Crippen MR) is 151 cm³/mol. The highest BCUT2D eigenvalue weighted by atomic mass is 16.4. The number of rotatable bonds is 7. The van der Waals surface area contributed by atoms with Crippen LogP contribution in [0.15, 0.2) is 91.1 Å². The molecule has 0 aliphatic carbocycles. The van der Waals surface area contributed by atoms with Crippen LogP contribution < -0.4 is 10.6 Å². The number of aromatic nitrogens is 2. The molecule has 1 unspecified atom stereocenters. The molecular formula is C31H30N4O3. The fourth-order valence-electron chi connectivity index (χ4n) is 4.49. The highest BCUT2D eigenvalue weighted by Crippen LogP contribution is 2.33. The molecular weight excluding hydrogens is 476 g/mol. The number of aliphatic carboxylic acids is 1. The predicted octanol–water partition coefficient (Wildman–Crippen LogP) is 5.79. The minimum Gasteiger partial charge on any atom is -0.480 e. The van der Waals surface area contributed by atoms with Crippen LogP contribution in [0.5, 0.6) is 0 Å². The number of hydrogen-bond acceptors (Lipinski definition) is 4. The van der Waals surface area contributed by atoms with Crippen molar-refractivity contribution in [3.8, 4) is 11.3 Å². The van der Waals surface area contributed by atoms with Crippen molar-refractivity contribution >= 4 is 34.1 Å². The first-order valence-electron chi connectivity index (χ1n) is 12.5. The normalized spacial score (nSPS) is 12.4. The minimum atomic E-state index is -1.08. The van der Waals surface area contributed by atoms with Crippen LogP contribution >= 0.6 is 0 Å². The molecule has 7 heteroatoms. The Hall–Kier alpha value is -4.65. The molecule has 2 heterocycles. The van der Waals surface area contributed by atoms with Crippen LogP contribution in [0.3, 0.4) is 0 Å². The molecule has 2 aromatic heterocycles. The van der Waals surface area contributed by atoms with E-state index in [0.29, 0.717) is 11.2 Å². The first kappa shape index (κ1) is 25.0. The molecule has 0 radical (unpaired) electrons. The lowest BCUT2D eigenvalue weighted by atomic mass is 10.0. The van der Waals surface area contributed by atoms with E-state index < -0.39 is 17.9 Å². The van der Waals surface area contributed by atoms with E-state index >= 15 is 0 Å². The van der Waals surface area contributed by atoms with Crippen molar-refractivity contribution in [3.05, 3.63) is 102 Å². The topological polar surface area (TPSA) is 95.7 Å². The number of carboxylic acid groups (broad SMARTS) is 1. The van der Waals surface area contributed by atoms with Gasteiger partial charge in [-0.2, -0.15) is 0 Å². The smallest absolute Gasteiger partial charge is 0.326 e. The highest BCUT2D eigenvalue weighted by molar-refractivity contribution is 5.98. The van der Waals surface area contributed by atoms with Crippen LogP contribution in [0.2, 0.25) is 0 Å². The van der Waals surface area contributed by atoms with Gasteiger partial charge < -0.3 is 15.7 Å². The summed E-state index contributed by atoms with van der Waals surface area (Å²) in [6.07, 6.45) is 1.99. The monoisotopic (exact) mass is 506 g/mol. The highest BCUT2D eigenvalue weighted by Gasteiger charge is 2.23. The fraction of sp³-hybridized carbons (Fsp3) is 0.194. The third-order valence-corrected chi connectivity index (χ3v) is 6.29. The molecule has 0 fully saturated rings. The maximum absolute atomic E-state index is 13.1. The van der Waals surface area contributed by atoms with Crippen LogP contribution in [0, 0.1) is 0 Å². The first-order valence-corrected chi connectivity index (χ1v) is 12.5. The largest absolute Gasteiger partial charge is 0.480 e. The summed E-state index contributed by atoms with van der Waals surface area (Å²) in [5, 5.41) is 18.2. The van der Waals surface area contributed by atoms with Gasteiger partial charge in [-0.1, -0.05) is 66.7 Å². The van der Waals surface area contributed by atoms with Gasteiger partial charge in [-0.15, -0.1) is 0 Å². The zero-order valence-electron chi connectivity index (χ0n) is 21.6. The van der Waals surface area contributed by atoms with Crippen molar-refractivity contribution in [3.63, 3.8) is 0 Å². The van der Waals surface area contributed by atoms with Crippen molar-refractivity contribution in [1.82, 2.24) is 14.7 Å². The standard InChI is InChI=1S/C31H30N4O3/c1-31(2,3)34-28-27(23-14-13-21-11-7-8-12-22(21)18-23)33-26-19-24(15-16-35(26)28)29(36)32-25(30(37)38)17-20-9-5-4-6-10-20/h4-16,18-19,25,34H,17H2,1-3H3,(H,32,36)(H,37,38). The molecule has 1 atom stereocenters. The molecule has 5 rings (SSSR count). The molecule has 3 aromatic carbocycles. The second-order valence-electron chi connectivity index (χ2n) is 10.4.